The van der Waals surface area contributed by atoms with Gasteiger partial charge in [-0.15, -0.1) is 0 Å². The van der Waals surface area contributed by atoms with Crippen LogP contribution in [0.15, 0.2) is 24.3 Å². The molecule has 566 valence electrons. The van der Waals surface area contributed by atoms with Gasteiger partial charge in [0.05, 0.1) is 57.5 Å². The summed E-state index contributed by atoms with van der Waals surface area (Å²) in [6.45, 7) is 6.63. The first-order chi connectivity index (χ1) is 47.1. The summed E-state index contributed by atoms with van der Waals surface area (Å²) < 4.78 is 0. The molecule has 0 aliphatic carbocycles. The number of carbonyl (C=O) groups excluding carboxylic acids is 15. The molecule has 101 heavy (non-hydrogen) atoms. The summed E-state index contributed by atoms with van der Waals surface area (Å²) in [5.41, 5.74) is 21.8. The summed E-state index contributed by atoms with van der Waals surface area (Å²) in [5.74, 6) is -20.6. The Balaban J connectivity index is 3.18. The molecule has 0 fully saturated rings. The Hall–Kier alpha value is -10.4. The molecular formula is C59H97N19O23. The predicted molar refractivity (Wildman–Crippen MR) is 351 cm³/mol. The van der Waals surface area contributed by atoms with Crippen molar-refractivity contribution in [3.63, 3.8) is 0 Å². The lowest BCUT2D eigenvalue weighted by atomic mass is 9.98. The van der Waals surface area contributed by atoms with Crippen LogP contribution < -0.4 is 97.4 Å². The van der Waals surface area contributed by atoms with Crippen LogP contribution in [0.2, 0.25) is 0 Å². The zero-order valence-corrected chi connectivity index (χ0v) is 56.9. The number of guanidine groups is 1. The lowest BCUT2D eigenvalue weighted by Crippen LogP contribution is -2.64. The average Bonchev–Trinajstić information content (AvgIpc) is 0.838. The van der Waals surface area contributed by atoms with Crippen LogP contribution in [0.1, 0.15) is 93.1 Å². The molecule has 30 N–H and O–H groups in total. The van der Waals surface area contributed by atoms with Gasteiger partial charge in [0.1, 0.15) is 78.3 Å². The van der Waals surface area contributed by atoms with E-state index in [1.54, 1.807) is 13.8 Å². The molecular weight excluding hydrogens is 1340 g/mol. The summed E-state index contributed by atoms with van der Waals surface area (Å²) >= 11 is 0. The van der Waals surface area contributed by atoms with Gasteiger partial charge < -0.3 is 133 Å². The molecule has 0 radical (unpaired) electrons. The third-order valence-electron chi connectivity index (χ3n) is 15.0. The molecule has 0 aliphatic rings. The first kappa shape index (κ1) is 88.6. The number of nitrogens with two attached hydrogens (primary N) is 4. The largest absolute Gasteiger partial charge is 0.508 e. The van der Waals surface area contributed by atoms with Crippen molar-refractivity contribution in [2.75, 3.05) is 32.9 Å². The maximum absolute atomic E-state index is 13.9. The highest BCUT2D eigenvalue weighted by Gasteiger charge is 2.39. The van der Waals surface area contributed by atoms with Crippen LogP contribution in [0.4, 0.5) is 0 Å². The number of carbonyl (C=O) groups is 16. The first-order valence-corrected chi connectivity index (χ1v) is 31.6. The Morgan fingerprint density at radius 1 is 0.455 bits per heavy atom. The number of carboxylic acids is 1. The summed E-state index contributed by atoms with van der Waals surface area (Å²) in [6.07, 6.45) is -5.22. The highest BCUT2D eigenvalue weighted by Crippen LogP contribution is 2.14. The predicted octanol–water partition coefficient (Wildman–Crippen LogP) is -12.2. The average molecular weight is 1440 g/mol. The van der Waals surface area contributed by atoms with E-state index in [9.17, 15) is 112 Å². The second-order valence-corrected chi connectivity index (χ2v) is 23.8. The number of primary amides is 2. The lowest BCUT2D eigenvalue weighted by molar-refractivity contribution is -0.143. The van der Waals surface area contributed by atoms with Gasteiger partial charge in [0.25, 0.3) is 0 Å². The molecule has 0 heterocycles. The number of nitrogens with one attached hydrogen (secondary N) is 15. The highest BCUT2D eigenvalue weighted by atomic mass is 16.4. The normalized spacial score (nSPS) is 15.8. The van der Waals surface area contributed by atoms with E-state index in [-0.39, 0.29) is 36.7 Å². The quantitative estimate of drug-likeness (QED) is 0.0164. The maximum atomic E-state index is 13.9. The molecule has 0 unspecified atom stereocenters. The smallest absolute Gasteiger partial charge is 0.326 e. The standard InChI is InChI=1S/C59H97N19O23/c1-9-25(4)43(76-53(95)38(23-81)73-52(94)36(21-79)72-48(90)32(60)11-10-16-65-59(63)64)54(96)66-20-41(87)67-26(5)47(89)75-42(24(2)3)55(97)77-45(29(8)83)57(99)78-44(28(7)82)56(98)74-37(22-80)51(93)70-34(18-39(61)85)50(92)69-33(17-30-12-14-31(84)15-13-30)49(91)68-27(6)46(88)71-35(58(100)101)19-40(62)86/h12-15,24-29,32-38,42-45,79-84H,9-11,16-23,60H2,1-8H3,(H2,61,85)(H2,62,86)(H,66,96)(H,67,87)(H,68,91)(H,69,92)(H,70,93)(H,71,88)(H,72,90)(H,73,94)(H,74,98)(H,75,89)(H,76,95)(H,77,97)(H,78,99)(H,100,101)(H4,63,64,65)/t25-,26-,27-,28+,29+,32-,33-,34-,35-,36-,37-,38-,42-,43-,44-,45-/m0/s1. The summed E-state index contributed by atoms with van der Waals surface area (Å²) in [7, 11) is 0. The van der Waals surface area contributed by atoms with Gasteiger partial charge in [-0.3, -0.25) is 77.3 Å². The SMILES string of the molecule is CC[C@H](C)[C@H](NC(=O)[C@H](CO)NC(=O)[C@H](CO)NC(=O)[C@@H](N)CCCNC(=N)N)C(=O)NCC(=O)N[C@@H](C)C(=O)N[C@H](C(=O)N[C@H](C(=O)N[C@H](C(=O)N[C@@H](CO)C(=O)N[C@@H](CC(N)=O)C(=O)N[C@@H](Cc1ccc(O)cc1)C(=O)N[C@@H](C)C(=O)N[C@@H](CC(N)=O)C(=O)O)[C@@H](C)O)[C@@H](C)O)C(C)C. The van der Waals surface area contributed by atoms with Crippen LogP contribution >= 0.6 is 0 Å². The van der Waals surface area contributed by atoms with Gasteiger partial charge in [0, 0.05) is 13.0 Å². The summed E-state index contributed by atoms with van der Waals surface area (Å²) in [4.78, 5) is 210. The number of aliphatic hydroxyl groups is 5. The Labute approximate surface area is 579 Å². The fourth-order valence-corrected chi connectivity index (χ4v) is 8.88. The second kappa shape index (κ2) is 43.9. The molecule has 0 spiro atoms. The highest BCUT2D eigenvalue weighted by molar-refractivity contribution is 6.01. The van der Waals surface area contributed by atoms with E-state index in [0.717, 1.165) is 20.8 Å². The van der Waals surface area contributed by atoms with Crippen molar-refractivity contribution in [2.45, 2.75) is 185 Å². The minimum Gasteiger partial charge on any atom is -0.508 e. The van der Waals surface area contributed by atoms with Crippen molar-refractivity contribution in [3.8, 4) is 5.75 Å². The second-order valence-electron chi connectivity index (χ2n) is 23.8. The minimum absolute atomic E-state index is 0.0889. The van der Waals surface area contributed by atoms with E-state index >= 15 is 0 Å². The molecule has 16 atom stereocenters. The zero-order valence-electron chi connectivity index (χ0n) is 56.9. The van der Waals surface area contributed by atoms with Gasteiger partial charge in [-0.1, -0.05) is 46.2 Å². The van der Waals surface area contributed by atoms with E-state index < -0.39 is 243 Å². The molecule has 0 saturated heterocycles. The van der Waals surface area contributed by atoms with Crippen LogP contribution in [0.3, 0.4) is 0 Å². The van der Waals surface area contributed by atoms with Crippen LogP contribution in [-0.4, -0.2) is 260 Å². The number of carboxylic acid groups (broad SMARTS) is 1. The molecule has 42 heteroatoms. The van der Waals surface area contributed by atoms with Crippen LogP contribution in [0, 0.1) is 17.2 Å². The molecule has 1 rings (SSSR count). The fraction of sp³-hybridized carbons (Fsp3) is 0.610. The molecule has 1 aromatic carbocycles. The Morgan fingerprint density at radius 3 is 1.31 bits per heavy atom. The third kappa shape index (κ3) is 31.5. The van der Waals surface area contributed by atoms with E-state index in [1.807, 2.05) is 10.6 Å². The topological polar surface area (TPSA) is 711 Å². The van der Waals surface area contributed by atoms with E-state index in [1.165, 1.54) is 45.0 Å². The van der Waals surface area contributed by atoms with Crippen molar-refractivity contribution in [1.29, 1.82) is 5.41 Å². The van der Waals surface area contributed by atoms with Gasteiger partial charge >= 0.3 is 5.97 Å². The number of phenols is 1. The fourth-order valence-electron chi connectivity index (χ4n) is 8.88. The molecule has 15 amide bonds. The Bertz CT molecular complexity index is 3090. The van der Waals surface area contributed by atoms with E-state index in [2.05, 4.69) is 63.8 Å². The molecule has 0 aromatic heterocycles. The van der Waals surface area contributed by atoms with Gasteiger partial charge in [-0.25, -0.2) is 4.79 Å². The molecule has 0 saturated carbocycles. The van der Waals surface area contributed by atoms with Gasteiger partial charge in [0.2, 0.25) is 88.6 Å². The van der Waals surface area contributed by atoms with E-state index in [4.69, 9.17) is 28.3 Å². The summed E-state index contributed by atoms with van der Waals surface area (Å²) in [5, 5.41) is 109. The van der Waals surface area contributed by atoms with Crippen molar-refractivity contribution in [3.05, 3.63) is 29.8 Å². The monoisotopic (exact) mass is 1440 g/mol. The van der Waals surface area contributed by atoms with E-state index in [0.29, 0.717) is 6.42 Å². The van der Waals surface area contributed by atoms with Crippen molar-refractivity contribution in [2.24, 2.45) is 34.8 Å². The summed E-state index contributed by atoms with van der Waals surface area (Å²) in [6, 6.07) is -16.9. The van der Waals surface area contributed by atoms with Gasteiger partial charge in [-0.05, 0) is 70.1 Å². The van der Waals surface area contributed by atoms with Gasteiger partial charge in [-0.2, -0.15) is 0 Å². The van der Waals surface area contributed by atoms with Crippen molar-refractivity contribution in [1.82, 2.24) is 74.4 Å². The zero-order chi connectivity index (χ0) is 77.3. The third-order valence-corrected chi connectivity index (χ3v) is 15.0. The van der Waals surface area contributed by atoms with Gasteiger partial charge in [0.15, 0.2) is 5.96 Å². The molecule has 0 aliphatic heterocycles. The van der Waals surface area contributed by atoms with Crippen LogP contribution in [0.5, 0.6) is 5.75 Å². The number of hydrogen-bond donors (Lipinski definition) is 26. The molecule has 42 nitrogen and oxygen atoms in total. The number of rotatable bonds is 45. The number of aliphatic carboxylic acids is 1. The van der Waals surface area contributed by atoms with Crippen molar-refractivity contribution < 1.29 is 112 Å². The first-order valence-electron chi connectivity index (χ1n) is 31.6. The van der Waals surface area contributed by atoms with Crippen LogP contribution in [-0.2, 0) is 83.1 Å². The minimum atomic E-state index is -2.07. The number of aromatic hydroxyl groups is 1. The number of amides is 15. The molecule has 0 bridgehead atoms. The van der Waals surface area contributed by atoms with Crippen molar-refractivity contribution >= 4 is 101 Å². The lowest BCUT2D eigenvalue weighted by Gasteiger charge is -2.29. The number of phenolic OH excluding ortho intramolecular Hbond substituents is 1. The number of aliphatic hydroxyl groups excluding tert-OH is 5. The Morgan fingerprint density at radius 2 is 0.842 bits per heavy atom. The Kier molecular flexibility index (Phi) is 38.5. The maximum Gasteiger partial charge on any atom is 0.326 e. The van der Waals surface area contributed by atoms with Crippen LogP contribution in [0.25, 0.3) is 0 Å². The molecule has 1 aromatic rings. The number of benzene rings is 1. The number of hydrogen-bond acceptors (Lipinski definition) is 24.